The molecule has 1 aromatic rings. The zero-order valence-electron chi connectivity index (χ0n) is 14.3. The number of rotatable bonds is 8. The van der Waals surface area contributed by atoms with Crippen molar-refractivity contribution in [2.24, 2.45) is 0 Å². The molecule has 1 atom stereocenters. The number of ether oxygens (including phenoxy) is 3. The third kappa shape index (κ3) is 4.61. The molecule has 1 fully saturated rings. The van der Waals surface area contributed by atoms with Crippen molar-refractivity contribution in [1.82, 2.24) is 4.90 Å². The monoisotopic (exact) mass is 321 g/mol. The number of hydrogen-bond acceptors (Lipinski definition) is 4. The van der Waals surface area contributed by atoms with Crippen molar-refractivity contribution in [3.63, 3.8) is 0 Å². The molecule has 1 aliphatic rings. The first-order valence-corrected chi connectivity index (χ1v) is 8.41. The Kier molecular flexibility index (Phi) is 6.71. The second-order valence-corrected chi connectivity index (χ2v) is 5.69. The summed E-state index contributed by atoms with van der Waals surface area (Å²) in [5.41, 5.74) is 0.632. The quantitative estimate of drug-likeness (QED) is 0.690. The van der Waals surface area contributed by atoms with Crippen LogP contribution >= 0.6 is 0 Å². The molecule has 23 heavy (non-hydrogen) atoms. The third-order valence-electron chi connectivity index (χ3n) is 4.01. The van der Waals surface area contributed by atoms with Gasteiger partial charge in [-0.2, -0.15) is 0 Å². The number of carbonyl (C=O) groups excluding carboxylic acids is 1. The first-order valence-electron chi connectivity index (χ1n) is 8.41. The summed E-state index contributed by atoms with van der Waals surface area (Å²) in [6, 6.07) is 5.43. The maximum Gasteiger partial charge on any atom is 0.254 e. The average molecular weight is 321 g/mol. The maximum atomic E-state index is 12.6. The topological polar surface area (TPSA) is 48.0 Å². The van der Waals surface area contributed by atoms with Gasteiger partial charge in [0, 0.05) is 25.8 Å². The molecule has 0 radical (unpaired) electrons. The van der Waals surface area contributed by atoms with Crippen LogP contribution in [0.3, 0.4) is 0 Å². The molecule has 0 spiro atoms. The van der Waals surface area contributed by atoms with Crippen LogP contribution in [0.25, 0.3) is 0 Å². The highest BCUT2D eigenvalue weighted by atomic mass is 16.5. The Morgan fingerprint density at radius 3 is 2.74 bits per heavy atom. The van der Waals surface area contributed by atoms with E-state index in [1.165, 1.54) is 0 Å². The largest absolute Gasteiger partial charge is 0.490 e. The maximum absolute atomic E-state index is 12.6. The highest BCUT2D eigenvalue weighted by molar-refractivity contribution is 5.95. The lowest BCUT2D eigenvalue weighted by Crippen LogP contribution is -2.29. The molecule has 1 heterocycles. The molecule has 1 unspecified atom stereocenters. The Morgan fingerprint density at radius 1 is 1.26 bits per heavy atom. The van der Waals surface area contributed by atoms with Gasteiger partial charge in [0.1, 0.15) is 0 Å². The van der Waals surface area contributed by atoms with E-state index in [0.717, 1.165) is 25.8 Å². The first-order chi connectivity index (χ1) is 11.2. The summed E-state index contributed by atoms with van der Waals surface area (Å²) in [4.78, 5) is 14.4. The fourth-order valence-corrected chi connectivity index (χ4v) is 2.64. The van der Waals surface area contributed by atoms with Gasteiger partial charge in [-0.15, -0.1) is 0 Å². The molecule has 5 nitrogen and oxygen atoms in total. The van der Waals surface area contributed by atoms with Gasteiger partial charge < -0.3 is 19.1 Å². The summed E-state index contributed by atoms with van der Waals surface area (Å²) in [6.45, 7) is 6.62. The van der Waals surface area contributed by atoms with Gasteiger partial charge in [-0.25, -0.2) is 0 Å². The smallest absolute Gasteiger partial charge is 0.254 e. The fourth-order valence-electron chi connectivity index (χ4n) is 2.64. The predicted molar refractivity (Wildman–Crippen MR) is 89.3 cm³/mol. The van der Waals surface area contributed by atoms with Crippen molar-refractivity contribution >= 4 is 5.91 Å². The van der Waals surface area contributed by atoms with Crippen LogP contribution in [0.15, 0.2) is 18.2 Å². The zero-order chi connectivity index (χ0) is 16.7. The van der Waals surface area contributed by atoms with Gasteiger partial charge in [0.2, 0.25) is 0 Å². The van der Waals surface area contributed by atoms with Crippen molar-refractivity contribution in [2.45, 2.75) is 39.2 Å². The number of hydrogen-bond donors (Lipinski definition) is 0. The molecule has 1 aromatic carbocycles. The summed E-state index contributed by atoms with van der Waals surface area (Å²) in [6.07, 6.45) is 3.11. The third-order valence-corrected chi connectivity index (χ3v) is 4.01. The predicted octanol–water partition coefficient (Wildman–Crippen LogP) is 3.13. The molecular formula is C18H27NO4. The molecule has 0 aromatic heterocycles. The van der Waals surface area contributed by atoms with E-state index in [0.29, 0.717) is 36.8 Å². The molecule has 128 valence electrons. The van der Waals surface area contributed by atoms with Crippen LogP contribution in [0.4, 0.5) is 0 Å². The summed E-state index contributed by atoms with van der Waals surface area (Å²) in [5, 5.41) is 0. The van der Waals surface area contributed by atoms with E-state index in [4.69, 9.17) is 14.2 Å². The van der Waals surface area contributed by atoms with E-state index < -0.39 is 0 Å². The van der Waals surface area contributed by atoms with Crippen LogP contribution < -0.4 is 9.47 Å². The van der Waals surface area contributed by atoms with Crippen molar-refractivity contribution in [2.75, 3.05) is 33.4 Å². The highest BCUT2D eigenvalue weighted by Crippen LogP contribution is 2.29. The molecule has 0 aliphatic carbocycles. The number of nitrogens with zero attached hydrogens (tertiary/aromatic N) is 1. The lowest BCUT2D eigenvalue weighted by molar-refractivity contribution is 0.0723. The van der Waals surface area contributed by atoms with Crippen LogP contribution in [0, 0.1) is 0 Å². The van der Waals surface area contributed by atoms with E-state index in [1.807, 2.05) is 24.0 Å². The fraction of sp³-hybridized carbons (Fsp3) is 0.611. The lowest BCUT2D eigenvalue weighted by atomic mass is 10.1. The van der Waals surface area contributed by atoms with E-state index >= 15 is 0 Å². The van der Waals surface area contributed by atoms with Gasteiger partial charge in [0.15, 0.2) is 11.5 Å². The second-order valence-electron chi connectivity index (χ2n) is 5.69. The van der Waals surface area contributed by atoms with Crippen molar-refractivity contribution in [3.8, 4) is 11.5 Å². The van der Waals surface area contributed by atoms with E-state index in [1.54, 1.807) is 13.2 Å². The first kappa shape index (κ1) is 17.6. The Morgan fingerprint density at radius 2 is 2.09 bits per heavy atom. The minimum absolute atomic E-state index is 0.0191. The molecule has 1 aliphatic heterocycles. The van der Waals surface area contributed by atoms with Gasteiger partial charge in [0.05, 0.1) is 19.3 Å². The molecule has 1 saturated heterocycles. The molecule has 5 heteroatoms. The van der Waals surface area contributed by atoms with Crippen LogP contribution in [0.1, 0.15) is 43.5 Å². The molecule has 0 bridgehead atoms. The number of likely N-dealkylation sites (tertiary alicyclic amines) is 1. The summed E-state index contributed by atoms with van der Waals surface area (Å²) in [7, 11) is 1.69. The minimum atomic E-state index is 0.0191. The normalized spacial score (nSPS) is 17.3. The lowest BCUT2D eigenvalue weighted by Gasteiger charge is -2.18. The second kappa shape index (κ2) is 8.77. The molecule has 2 rings (SSSR count). The number of benzene rings is 1. The summed E-state index contributed by atoms with van der Waals surface area (Å²) in [5.74, 6) is 1.36. The van der Waals surface area contributed by atoms with Crippen LogP contribution in [0.5, 0.6) is 11.5 Å². The Bertz CT molecular complexity index is 518. The summed E-state index contributed by atoms with van der Waals surface area (Å²) < 4.78 is 16.7. The SMILES string of the molecule is CCCCOc1ccc(C(=O)N2CCC(OC)C2)cc1OCC. The van der Waals surface area contributed by atoms with E-state index in [9.17, 15) is 4.79 Å². The van der Waals surface area contributed by atoms with Gasteiger partial charge in [-0.05, 0) is 38.0 Å². The van der Waals surface area contributed by atoms with Crippen LogP contribution in [-0.4, -0.2) is 50.3 Å². The number of amides is 1. The van der Waals surface area contributed by atoms with Crippen molar-refractivity contribution < 1.29 is 19.0 Å². The Balaban J connectivity index is 2.10. The number of carbonyl (C=O) groups is 1. The number of unbranched alkanes of at least 4 members (excludes halogenated alkanes) is 1. The van der Waals surface area contributed by atoms with Gasteiger partial charge in [-0.3, -0.25) is 4.79 Å². The average Bonchev–Trinajstić information content (AvgIpc) is 3.05. The van der Waals surface area contributed by atoms with Crippen molar-refractivity contribution in [3.05, 3.63) is 23.8 Å². The minimum Gasteiger partial charge on any atom is -0.490 e. The highest BCUT2D eigenvalue weighted by Gasteiger charge is 2.27. The van der Waals surface area contributed by atoms with Crippen LogP contribution in [-0.2, 0) is 4.74 Å². The standard InChI is InChI=1S/C18H27NO4/c1-4-6-11-23-16-8-7-14(12-17(16)22-5-2)18(20)19-10-9-15(13-19)21-3/h7-8,12,15H,4-6,9-11,13H2,1-3H3. The van der Waals surface area contributed by atoms with E-state index in [-0.39, 0.29) is 12.0 Å². The molecule has 0 N–H and O–H groups in total. The molecule has 1 amide bonds. The van der Waals surface area contributed by atoms with Gasteiger partial charge in [0.25, 0.3) is 5.91 Å². The Labute approximate surface area is 138 Å². The van der Waals surface area contributed by atoms with Crippen molar-refractivity contribution in [1.29, 1.82) is 0 Å². The van der Waals surface area contributed by atoms with E-state index in [2.05, 4.69) is 6.92 Å². The van der Waals surface area contributed by atoms with Gasteiger partial charge >= 0.3 is 0 Å². The molecule has 0 saturated carbocycles. The Hall–Kier alpha value is -1.75. The molecular weight excluding hydrogens is 294 g/mol. The van der Waals surface area contributed by atoms with Gasteiger partial charge in [-0.1, -0.05) is 13.3 Å². The zero-order valence-corrected chi connectivity index (χ0v) is 14.3. The summed E-state index contributed by atoms with van der Waals surface area (Å²) >= 11 is 0. The number of methoxy groups -OCH3 is 1. The van der Waals surface area contributed by atoms with Crippen LogP contribution in [0.2, 0.25) is 0 Å².